The van der Waals surface area contributed by atoms with E-state index in [1.165, 1.54) is 0 Å². The molecule has 3 aliphatic rings. The Balaban J connectivity index is 1.77. The van der Waals surface area contributed by atoms with Crippen LogP contribution in [0.2, 0.25) is 5.15 Å². The molecule has 1 aromatic heterocycles. The summed E-state index contributed by atoms with van der Waals surface area (Å²) in [6, 6.07) is 0. The predicted octanol–water partition coefficient (Wildman–Crippen LogP) is 2.95. The van der Waals surface area contributed by atoms with Crippen LogP contribution in [0, 0.1) is 16.0 Å². The number of carbonyl (C=O) groups excluding carboxylic acids is 1. The molecule has 3 heterocycles. The quantitative estimate of drug-likeness (QED) is 0.230. The molecule has 4 rings (SSSR count). The molecule has 1 saturated carbocycles. The topological polar surface area (TPSA) is 116 Å². The first kappa shape index (κ1) is 21.5. The summed E-state index contributed by atoms with van der Waals surface area (Å²) < 4.78 is 49.2. The zero-order valence-corrected chi connectivity index (χ0v) is 17.2. The number of halogens is 4. The number of fused-ring (bicyclic) bond motifs is 5. The molecule has 3 fully saturated rings. The number of ether oxygens (including phenoxy) is 2. The van der Waals surface area contributed by atoms with Crippen LogP contribution in [-0.2, 0) is 19.8 Å². The van der Waals surface area contributed by atoms with Gasteiger partial charge in [-0.25, -0.2) is 9.97 Å². The van der Waals surface area contributed by atoms with Crippen molar-refractivity contribution in [3.05, 3.63) is 21.0 Å². The van der Waals surface area contributed by atoms with Gasteiger partial charge in [-0.2, -0.15) is 13.2 Å². The molecule has 2 saturated heterocycles. The number of nitrogens with zero attached hydrogens (tertiary/aromatic N) is 3. The number of thioether (sulfide) groups is 1. The summed E-state index contributed by atoms with van der Waals surface area (Å²) in [7, 11) is 0. The summed E-state index contributed by atoms with van der Waals surface area (Å²) in [5, 5.41) is 13.8. The van der Waals surface area contributed by atoms with E-state index in [0.717, 1.165) is 0 Å². The molecular formula is C16H16ClF3N4O5S. The molecule has 2 aliphatic heterocycles. The normalized spacial score (nSPS) is 31.7. The second-order valence-electron chi connectivity index (χ2n) is 7.76. The first-order chi connectivity index (χ1) is 13.8. The number of rotatable bonds is 5. The van der Waals surface area contributed by atoms with Gasteiger partial charge in [0.25, 0.3) is 0 Å². The van der Waals surface area contributed by atoms with Gasteiger partial charge < -0.3 is 14.8 Å². The fourth-order valence-corrected chi connectivity index (χ4v) is 5.33. The Morgan fingerprint density at radius 2 is 2.07 bits per heavy atom. The summed E-state index contributed by atoms with van der Waals surface area (Å²) in [4.78, 5) is 31.4. The third-order valence-corrected chi connectivity index (χ3v) is 6.39. The predicted molar refractivity (Wildman–Crippen MR) is 96.8 cm³/mol. The van der Waals surface area contributed by atoms with Crippen LogP contribution < -0.4 is 5.32 Å². The van der Waals surface area contributed by atoms with E-state index in [9.17, 15) is 28.1 Å². The Bertz CT molecular complexity index is 933. The molecule has 9 nitrogen and oxygen atoms in total. The number of nitro groups is 1. The maximum absolute atomic E-state index is 12.5. The molecule has 30 heavy (non-hydrogen) atoms. The summed E-state index contributed by atoms with van der Waals surface area (Å²) in [5.41, 5.74) is -2.20. The Kier molecular flexibility index (Phi) is 4.95. The van der Waals surface area contributed by atoms with Crippen LogP contribution in [0.1, 0.15) is 32.4 Å². The van der Waals surface area contributed by atoms with Gasteiger partial charge in [0, 0.05) is 5.75 Å². The van der Waals surface area contributed by atoms with Crippen LogP contribution in [0.25, 0.3) is 0 Å². The van der Waals surface area contributed by atoms with Crippen molar-refractivity contribution in [1.82, 2.24) is 15.3 Å². The van der Waals surface area contributed by atoms with Crippen molar-refractivity contribution in [3.8, 4) is 0 Å². The Hall–Kier alpha value is -1.70. The van der Waals surface area contributed by atoms with Gasteiger partial charge in [0.1, 0.15) is 17.7 Å². The molecule has 0 aromatic carbocycles. The molecule has 4 atom stereocenters. The molecule has 0 spiro atoms. The number of amides is 1. The molecule has 4 unspecified atom stereocenters. The number of hydrogen-bond acceptors (Lipinski definition) is 8. The highest BCUT2D eigenvalue weighted by atomic mass is 35.5. The smallest absolute Gasteiger partial charge is 0.344 e. The first-order valence-electron chi connectivity index (χ1n) is 8.93. The maximum atomic E-state index is 12.5. The number of piperidine rings is 1. The largest absolute Gasteiger partial charge is 0.389 e. The molecular weight excluding hydrogens is 453 g/mol. The fraction of sp³-hybridized carbons (Fsp3) is 0.688. The Morgan fingerprint density at radius 3 is 2.70 bits per heavy atom. The summed E-state index contributed by atoms with van der Waals surface area (Å²) in [6.45, 7) is 3.31. The molecule has 164 valence electrons. The van der Waals surface area contributed by atoms with Gasteiger partial charge in [-0.3, -0.25) is 14.9 Å². The van der Waals surface area contributed by atoms with Gasteiger partial charge in [0.2, 0.25) is 11.1 Å². The lowest BCUT2D eigenvalue weighted by atomic mass is 9.90. The van der Waals surface area contributed by atoms with Crippen molar-refractivity contribution in [3.63, 3.8) is 0 Å². The van der Waals surface area contributed by atoms with Crippen LogP contribution in [0.5, 0.6) is 0 Å². The highest BCUT2D eigenvalue weighted by molar-refractivity contribution is 7.99. The molecule has 1 N–H and O–H groups in total. The van der Waals surface area contributed by atoms with Crippen molar-refractivity contribution < 1.29 is 32.4 Å². The van der Waals surface area contributed by atoms with Gasteiger partial charge in [0.05, 0.1) is 17.3 Å². The third-order valence-electron chi connectivity index (χ3n) is 5.28. The monoisotopic (exact) mass is 468 g/mol. The minimum absolute atomic E-state index is 0.123. The maximum Gasteiger partial charge on any atom is 0.389 e. The second-order valence-corrected chi connectivity index (χ2v) is 9.18. The van der Waals surface area contributed by atoms with Gasteiger partial charge in [-0.15, -0.1) is 0 Å². The van der Waals surface area contributed by atoms with E-state index >= 15 is 0 Å². The third kappa shape index (κ3) is 3.51. The molecule has 1 aromatic rings. The van der Waals surface area contributed by atoms with Gasteiger partial charge >= 0.3 is 11.9 Å². The van der Waals surface area contributed by atoms with Crippen LogP contribution in [0.3, 0.4) is 0 Å². The average Bonchev–Trinajstić information content (AvgIpc) is 3.18. The van der Waals surface area contributed by atoms with Crippen LogP contribution in [0.15, 0.2) is 5.16 Å². The molecule has 0 radical (unpaired) electrons. The molecule has 1 aliphatic carbocycles. The van der Waals surface area contributed by atoms with E-state index in [0.29, 0.717) is 11.8 Å². The van der Waals surface area contributed by atoms with E-state index in [1.807, 2.05) is 0 Å². The first-order valence-corrected chi connectivity index (χ1v) is 10.3. The molecule has 1 amide bonds. The SMILES string of the molecule is CC1(C)OC2C3CC(c4nc(SCCC(F)(F)F)nc(Cl)c4[N+](=O)[O-])(NC3=O)C2O1. The van der Waals surface area contributed by atoms with E-state index < -0.39 is 63.6 Å². The lowest BCUT2D eigenvalue weighted by Gasteiger charge is -2.34. The number of aromatic nitrogens is 2. The average molecular weight is 469 g/mol. The van der Waals surface area contributed by atoms with Gasteiger partial charge in [0.15, 0.2) is 16.6 Å². The molecule has 14 heteroatoms. The standard InChI is InChI=1S/C16H16ClF3N4O5S/c1-14(2)28-8-6-5-15(10(8)29-14,23-12(6)25)9-7(24(26)27)11(17)22-13(21-9)30-4-3-16(18,19)20/h6,8,10H,3-5H2,1-2H3,(H,23,25). The van der Waals surface area contributed by atoms with Crippen molar-refractivity contribution in [2.45, 2.75) is 61.6 Å². The minimum Gasteiger partial charge on any atom is -0.344 e. The highest BCUT2D eigenvalue weighted by Crippen LogP contribution is 2.56. The minimum atomic E-state index is -4.37. The van der Waals surface area contributed by atoms with Crippen LogP contribution in [0.4, 0.5) is 18.9 Å². The number of carbonyl (C=O) groups is 1. The summed E-state index contributed by atoms with van der Waals surface area (Å²) >= 11 is 6.70. The van der Waals surface area contributed by atoms with E-state index in [-0.39, 0.29) is 23.2 Å². The van der Waals surface area contributed by atoms with Crippen molar-refractivity contribution in [2.75, 3.05) is 5.75 Å². The van der Waals surface area contributed by atoms with Crippen molar-refractivity contribution >= 4 is 35.0 Å². The lowest BCUT2D eigenvalue weighted by Crippen LogP contribution is -2.55. The van der Waals surface area contributed by atoms with Gasteiger partial charge in [-0.1, -0.05) is 23.4 Å². The highest BCUT2D eigenvalue weighted by Gasteiger charge is 2.71. The van der Waals surface area contributed by atoms with Crippen LogP contribution >= 0.6 is 23.4 Å². The van der Waals surface area contributed by atoms with Gasteiger partial charge in [-0.05, 0) is 20.3 Å². The van der Waals surface area contributed by atoms with E-state index in [2.05, 4.69) is 15.3 Å². The summed E-state index contributed by atoms with van der Waals surface area (Å²) in [6.07, 6.45) is -6.75. The zero-order chi connectivity index (χ0) is 22.1. The fourth-order valence-electron chi connectivity index (χ4n) is 4.21. The van der Waals surface area contributed by atoms with E-state index in [1.54, 1.807) is 13.8 Å². The van der Waals surface area contributed by atoms with Crippen molar-refractivity contribution in [2.24, 2.45) is 5.92 Å². The Labute approximate surface area is 177 Å². The summed E-state index contributed by atoms with van der Waals surface area (Å²) in [5.74, 6) is -2.39. The second kappa shape index (κ2) is 6.90. The Morgan fingerprint density at radius 1 is 1.37 bits per heavy atom. The lowest BCUT2D eigenvalue weighted by molar-refractivity contribution is -0.386. The zero-order valence-electron chi connectivity index (χ0n) is 15.7. The number of alkyl halides is 3. The number of hydrogen-bond donors (Lipinski definition) is 1. The van der Waals surface area contributed by atoms with Crippen molar-refractivity contribution in [1.29, 1.82) is 0 Å². The van der Waals surface area contributed by atoms with E-state index in [4.69, 9.17) is 21.1 Å². The number of nitrogens with one attached hydrogen (secondary N) is 1. The molecule has 2 bridgehead atoms. The van der Waals surface area contributed by atoms with Crippen LogP contribution in [-0.4, -0.2) is 50.7 Å².